The molecule has 0 saturated carbocycles. The third kappa shape index (κ3) is 4.75. The summed E-state index contributed by atoms with van der Waals surface area (Å²) >= 11 is 0. The van der Waals surface area contributed by atoms with E-state index in [-0.39, 0.29) is 17.9 Å². The van der Waals surface area contributed by atoms with E-state index in [1.165, 1.54) is 0 Å². The van der Waals surface area contributed by atoms with Crippen molar-refractivity contribution in [1.29, 1.82) is 0 Å². The normalized spacial score (nSPS) is 10.4. The number of nitrogens with one attached hydrogen (secondary N) is 2. The van der Waals surface area contributed by atoms with E-state index in [0.717, 1.165) is 6.42 Å². The molecular weight excluding hydrogens is 232 g/mol. The van der Waals surface area contributed by atoms with Gasteiger partial charge in [-0.1, -0.05) is 6.92 Å². The molecule has 0 aliphatic carbocycles. The summed E-state index contributed by atoms with van der Waals surface area (Å²) in [4.78, 5) is 11.7. The lowest BCUT2D eigenvalue weighted by Crippen LogP contribution is -2.14. The van der Waals surface area contributed by atoms with Crippen LogP contribution in [0.3, 0.4) is 0 Å². The Morgan fingerprint density at radius 2 is 1.94 bits per heavy atom. The van der Waals surface area contributed by atoms with Crippen LogP contribution < -0.4 is 15.4 Å². The Bertz CT molecular complexity index is 350. The Labute approximate surface area is 97.8 Å². The Balaban J connectivity index is 2.73. The van der Waals surface area contributed by atoms with E-state index in [9.17, 15) is 8.78 Å². The molecule has 1 aromatic rings. The highest BCUT2D eigenvalue weighted by molar-refractivity contribution is 5.35. The first-order valence-electron chi connectivity index (χ1n) is 5.24. The van der Waals surface area contributed by atoms with E-state index in [0.29, 0.717) is 6.61 Å². The van der Waals surface area contributed by atoms with Crippen LogP contribution in [-0.2, 0) is 0 Å². The first-order chi connectivity index (χ1) is 8.15. The van der Waals surface area contributed by atoms with Crippen LogP contribution in [0, 0.1) is 0 Å². The van der Waals surface area contributed by atoms with Gasteiger partial charge in [-0.25, -0.2) is 8.78 Å². The quantitative estimate of drug-likeness (QED) is 0.758. The summed E-state index contributed by atoms with van der Waals surface area (Å²) in [6, 6.07) is 0.114. The van der Waals surface area contributed by atoms with Crippen LogP contribution in [0.2, 0.25) is 0 Å². The van der Waals surface area contributed by atoms with Crippen LogP contribution in [0.4, 0.5) is 20.7 Å². The molecule has 0 saturated heterocycles. The number of halogens is 2. The van der Waals surface area contributed by atoms with Crippen molar-refractivity contribution in [1.82, 2.24) is 15.0 Å². The lowest BCUT2D eigenvalue weighted by molar-refractivity contribution is 0.163. The van der Waals surface area contributed by atoms with Crippen molar-refractivity contribution >= 4 is 11.9 Å². The zero-order valence-electron chi connectivity index (χ0n) is 9.70. The summed E-state index contributed by atoms with van der Waals surface area (Å²) in [6.07, 6.45) is -1.66. The number of anilines is 2. The SMILES string of the molecule is CCCOc1nc(NC)nc(NCC(F)F)n1. The van der Waals surface area contributed by atoms with E-state index >= 15 is 0 Å². The summed E-state index contributed by atoms with van der Waals surface area (Å²) in [5, 5.41) is 5.11. The molecule has 1 rings (SSSR count). The fourth-order valence-electron chi connectivity index (χ4n) is 0.974. The van der Waals surface area contributed by atoms with Gasteiger partial charge in [-0.2, -0.15) is 15.0 Å². The maximum absolute atomic E-state index is 12.0. The molecule has 0 aliphatic rings. The molecule has 0 amide bonds. The lowest BCUT2D eigenvalue weighted by atomic mass is 10.5. The number of hydrogen-bond donors (Lipinski definition) is 2. The standard InChI is InChI=1S/C9H15F2N5O/c1-3-4-17-9-15-7(12-2)14-8(16-9)13-5-6(10)11/h6H,3-5H2,1-2H3,(H2,12,13,14,15,16). The van der Waals surface area contributed by atoms with Crippen molar-refractivity contribution in [2.24, 2.45) is 0 Å². The first kappa shape index (κ1) is 13.3. The van der Waals surface area contributed by atoms with Gasteiger partial charge in [-0.15, -0.1) is 0 Å². The van der Waals surface area contributed by atoms with E-state index in [1.807, 2.05) is 6.92 Å². The molecule has 96 valence electrons. The van der Waals surface area contributed by atoms with Gasteiger partial charge in [0.2, 0.25) is 11.9 Å². The van der Waals surface area contributed by atoms with E-state index < -0.39 is 13.0 Å². The number of rotatable bonds is 7. The summed E-state index contributed by atoms with van der Waals surface area (Å²) in [5.74, 6) is 0.332. The minimum Gasteiger partial charge on any atom is -0.463 e. The molecule has 0 aromatic carbocycles. The number of ether oxygens (including phenoxy) is 1. The third-order valence-electron chi connectivity index (χ3n) is 1.69. The molecule has 0 bridgehead atoms. The van der Waals surface area contributed by atoms with Crippen LogP contribution >= 0.6 is 0 Å². The highest BCUT2D eigenvalue weighted by atomic mass is 19.3. The Morgan fingerprint density at radius 1 is 1.24 bits per heavy atom. The number of aromatic nitrogens is 3. The second kappa shape index (κ2) is 6.77. The molecule has 0 spiro atoms. The van der Waals surface area contributed by atoms with Crippen molar-refractivity contribution < 1.29 is 13.5 Å². The molecule has 0 fully saturated rings. The predicted octanol–water partition coefficient (Wildman–Crippen LogP) is 1.38. The van der Waals surface area contributed by atoms with Crippen LogP contribution in [0.25, 0.3) is 0 Å². The Kier molecular flexibility index (Phi) is 5.31. The molecule has 0 atom stereocenters. The van der Waals surface area contributed by atoms with Crippen molar-refractivity contribution in [2.45, 2.75) is 19.8 Å². The highest BCUT2D eigenvalue weighted by Crippen LogP contribution is 2.11. The van der Waals surface area contributed by atoms with Crippen molar-refractivity contribution in [3.05, 3.63) is 0 Å². The van der Waals surface area contributed by atoms with Gasteiger partial charge in [-0.05, 0) is 6.42 Å². The molecule has 6 nitrogen and oxygen atoms in total. The van der Waals surface area contributed by atoms with Crippen molar-refractivity contribution in [3.63, 3.8) is 0 Å². The lowest BCUT2D eigenvalue weighted by Gasteiger charge is -2.08. The van der Waals surface area contributed by atoms with Crippen molar-refractivity contribution in [3.8, 4) is 6.01 Å². The maximum Gasteiger partial charge on any atom is 0.323 e. The second-order valence-electron chi connectivity index (χ2n) is 3.14. The molecular formula is C9H15F2N5O. The first-order valence-corrected chi connectivity index (χ1v) is 5.24. The second-order valence-corrected chi connectivity index (χ2v) is 3.14. The van der Waals surface area contributed by atoms with Crippen molar-refractivity contribution in [2.75, 3.05) is 30.8 Å². The predicted molar refractivity (Wildman–Crippen MR) is 59.7 cm³/mol. The molecule has 1 aromatic heterocycles. The van der Waals surface area contributed by atoms with E-state index in [1.54, 1.807) is 7.05 Å². The monoisotopic (exact) mass is 247 g/mol. The fourth-order valence-corrected chi connectivity index (χ4v) is 0.974. The van der Waals surface area contributed by atoms with Gasteiger partial charge in [0.05, 0.1) is 13.2 Å². The minimum atomic E-state index is -2.47. The van der Waals surface area contributed by atoms with Gasteiger partial charge in [0.15, 0.2) is 0 Å². The van der Waals surface area contributed by atoms with Gasteiger partial charge in [-0.3, -0.25) is 0 Å². The van der Waals surface area contributed by atoms with E-state index in [2.05, 4.69) is 25.6 Å². The maximum atomic E-state index is 12.0. The summed E-state index contributed by atoms with van der Waals surface area (Å²) < 4.78 is 29.3. The number of nitrogens with zero attached hydrogens (tertiary/aromatic N) is 3. The molecule has 8 heteroatoms. The summed E-state index contributed by atoms with van der Waals surface area (Å²) in [6.45, 7) is 1.89. The van der Waals surface area contributed by atoms with Gasteiger partial charge in [0.25, 0.3) is 6.43 Å². The zero-order valence-corrected chi connectivity index (χ0v) is 9.70. The van der Waals surface area contributed by atoms with Gasteiger partial charge < -0.3 is 15.4 Å². The molecule has 0 unspecified atom stereocenters. The molecule has 2 N–H and O–H groups in total. The topological polar surface area (TPSA) is 72.0 Å². The number of alkyl halides is 2. The zero-order chi connectivity index (χ0) is 12.7. The molecule has 0 aliphatic heterocycles. The average molecular weight is 247 g/mol. The Hall–Kier alpha value is -1.73. The van der Waals surface area contributed by atoms with Gasteiger partial charge >= 0.3 is 6.01 Å². The molecule has 0 radical (unpaired) electrons. The van der Waals surface area contributed by atoms with Crippen LogP contribution in [0.5, 0.6) is 6.01 Å². The van der Waals surface area contributed by atoms with Crippen LogP contribution in [-0.4, -0.2) is 41.6 Å². The highest BCUT2D eigenvalue weighted by Gasteiger charge is 2.08. The van der Waals surface area contributed by atoms with Crippen LogP contribution in [0.15, 0.2) is 0 Å². The van der Waals surface area contributed by atoms with E-state index in [4.69, 9.17) is 4.74 Å². The van der Waals surface area contributed by atoms with Crippen LogP contribution in [0.1, 0.15) is 13.3 Å². The van der Waals surface area contributed by atoms with Gasteiger partial charge in [0.1, 0.15) is 0 Å². The Morgan fingerprint density at radius 3 is 2.53 bits per heavy atom. The number of hydrogen-bond acceptors (Lipinski definition) is 6. The van der Waals surface area contributed by atoms with Gasteiger partial charge in [0, 0.05) is 7.05 Å². The molecule has 1 heterocycles. The molecule has 17 heavy (non-hydrogen) atoms. The largest absolute Gasteiger partial charge is 0.463 e. The average Bonchev–Trinajstić information content (AvgIpc) is 2.33. The third-order valence-corrected chi connectivity index (χ3v) is 1.69. The fraction of sp³-hybridized carbons (Fsp3) is 0.667. The minimum absolute atomic E-state index is 0.0655. The smallest absolute Gasteiger partial charge is 0.323 e. The summed E-state index contributed by atoms with van der Waals surface area (Å²) in [7, 11) is 1.62. The summed E-state index contributed by atoms with van der Waals surface area (Å²) in [5.41, 5.74) is 0.